The highest BCUT2D eigenvalue weighted by molar-refractivity contribution is 6.31. The number of ketones is 1. The molecule has 29 heavy (non-hydrogen) atoms. The molecule has 2 amide bonds. The lowest BCUT2D eigenvalue weighted by Crippen LogP contribution is -2.37. The van der Waals surface area contributed by atoms with E-state index in [1.54, 1.807) is 49.4 Å². The molecule has 0 atom stereocenters. The molecule has 0 spiro atoms. The summed E-state index contributed by atoms with van der Waals surface area (Å²) in [4.78, 5) is 37.3. The second-order valence-corrected chi connectivity index (χ2v) is 6.67. The van der Waals surface area contributed by atoms with Gasteiger partial charge in [0.25, 0.3) is 5.91 Å². The second kappa shape index (κ2) is 10.5. The fraction of sp³-hybridized carbons (Fsp3) is 0.286. The largest absolute Gasteiger partial charge is 0.495 e. The molecule has 0 aliphatic heterocycles. The highest BCUT2D eigenvalue weighted by atomic mass is 35.5. The minimum atomic E-state index is -0.399. The van der Waals surface area contributed by atoms with Gasteiger partial charge in [0.1, 0.15) is 11.5 Å². The van der Waals surface area contributed by atoms with Crippen molar-refractivity contribution >= 4 is 34.9 Å². The number of ether oxygens (including phenoxy) is 2. The summed E-state index contributed by atoms with van der Waals surface area (Å²) in [5.41, 5.74) is 1.01. The highest BCUT2D eigenvalue weighted by Gasteiger charge is 2.15. The van der Waals surface area contributed by atoms with Crippen LogP contribution < -0.4 is 14.8 Å². The molecule has 0 aliphatic carbocycles. The zero-order chi connectivity index (χ0) is 21.4. The van der Waals surface area contributed by atoms with Gasteiger partial charge < -0.3 is 19.7 Å². The van der Waals surface area contributed by atoms with Crippen molar-refractivity contribution in [3.63, 3.8) is 0 Å². The average molecular weight is 419 g/mol. The summed E-state index contributed by atoms with van der Waals surface area (Å²) < 4.78 is 10.6. The van der Waals surface area contributed by atoms with Crippen LogP contribution >= 0.6 is 11.6 Å². The smallest absolute Gasteiger partial charge is 0.260 e. The van der Waals surface area contributed by atoms with Crippen LogP contribution in [0.4, 0.5) is 5.69 Å². The van der Waals surface area contributed by atoms with Crippen LogP contribution in [0.5, 0.6) is 11.5 Å². The summed E-state index contributed by atoms with van der Waals surface area (Å²) >= 11 is 5.94. The maximum Gasteiger partial charge on any atom is 0.260 e. The molecule has 7 nitrogen and oxygen atoms in total. The number of methoxy groups -OCH3 is 1. The van der Waals surface area contributed by atoms with E-state index >= 15 is 0 Å². The summed E-state index contributed by atoms with van der Waals surface area (Å²) in [5, 5.41) is 3.12. The van der Waals surface area contributed by atoms with Gasteiger partial charge in [-0.15, -0.1) is 0 Å². The van der Waals surface area contributed by atoms with E-state index in [0.717, 1.165) is 0 Å². The maximum absolute atomic E-state index is 12.2. The number of carbonyl (C=O) groups excluding carboxylic acids is 3. The standard InChI is InChI=1S/C21H23ClN2O5/c1-4-18(25)14-5-8-16(9-6-14)29-13-21(27)24(2)12-20(26)23-17-11-15(22)7-10-19(17)28-3/h5-11H,4,12-13H2,1-3H3,(H,23,26). The summed E-state index contributed by atoms with van der Waals surface area (Å²) in [6.45, 7) is 1.40. The molecule has 0 saturated heterocycles. The maximum atomic E-state index is 12.2. The van der Waals surface area contributed by atoms with Crippen molar-refractivity contribution in [3.8, 4) is 11.5 Å². The van der Waals surface area contributed by atoms with Gasteiger partial charge in [-0.05, 0) is 42.5 Å². The van der Waals surface area contributed by atoms with Crippen LogP contribution in [0.2, 0.25) is 5.02 Å². The number of nitrogens with one attached hydrogen (secondary N) is 1. The predicted molar refractivity (Wildman–Crippen MR) is 111 cm³/mol. The summed E-state index contributed by atoms with van der Waals surface area (Å²) in [6, 6.07) is 11.4. The Hall–Kier alpha value is -3.06. The monoisotopic (exact) mass is 418 g/mol. The minimum Gasteiger partial charge on any atom is -0.495 e. The Morgan fingerprint density at radius 1 is 1.10 bits per heavy atom. The Kier molecular flexibility index (Phi) is 8.03. The average Bonchev–Trinajstić information content (AvgIpc) is 2.71. The van der Waals surface area contributed by atoms with Gasteiger partial charge in [-0.25, -0.2) is 0 Å². The van der Waals surface area contributed by atoms with Gasteiger partial charge in [0.15, 0.2) is 12.4 Å². The molecule has 0 saturated carbocycles. The molecule has 0 fully saturated rings. The number of hydrogen-bond donors (Lipinski definition) is 1. The van der Waals surface area contributed by atoms with Gasteiger partial charge in [-0.1, -0.05) is 18.5 Å². The van der Waals surface area contributed by atoms with E-state index in [-0.39, 0.29) is 24.8 Å². The van der Waals surface area contributed by atoms with Gasteiger partial charge >= 0.3 is 0 Å². The molecule has 1 N–H and O–H groups in total. The molecule has 0 aromatic heterocycles. The number of rotatable bonds is 9. The van der Waals surface area contributed by atoms with E-state index in [0.29, 0.717) is 34.2 Å². The SMILES string of the molecule is CCC(=O)c1ccc(OCC(=O)N(C)CC(=O)Nc2cc(Cl)ccc2OC)cc1. The van der Waals surface area contributed by atoms with E-state index in [1.807, 2.05) is 0 Å². The number of carbonyl (C=O) groups is 3. The molecule has 2 aromatic carbocycles. The van der Waals surface area contributed by atoms with Crippen molar-refractivity contribution < 1.29 is 23.9 Å². The van der Waals surface area contributed by atoms with Crippen LogP contribution in [0.25, 0.3) is 0 Å². The molecule has 2 rings (SSSR count). The van der Waals surface area contributed by atoms with Crippen LogP contribution in [-0.2, 0) is 9.59 Å². The molecule has 154 valence electrons. The Morgan fingerprint density at radius 3 is 2.41 bits per heavy atom. The molecule has 0 unspecified atom stereocenters. The Morgan fingerprint density at radius 2 is 1.79 bits per heavy atom. The Balaban J connectivity index is 1.86. The van der Waals surface area contributed by atoms with Crippen LogP contribution in [0.1, 0.15) is 23.7 Å². The lowest BCUT2D eigenvalue weighted by atomic mass is 10.1. The van der Waals surface area contributed by atoms with E-state index in [9.17, 15) is 14.4 Å². The normalized spacial score (nSPS) is 10.2. The number of hydrogen-bond acceptors (Lipinski definition) is 5. The molecule has 0 radical (unpaired) electrons. The fourth-order valence-electron chi connectivity index (χ4n) is 2.47. The highest BCUT2D eigenvalue weighted by Crippen LogP contribution is 2.27. The van der Waals surface area contributed by atoms with Crippen LogP contribution in [-0.4, -0.2) is 49.8 Å². The van der Waals surface area contributed by atoms with Crippen molar-refractivity contribution in [2.45, 2.75) is 13.3 Å². The van der Waals surface area contributed by atoms with Crippen molar-refractivity contribution in [1.82, 2.24) is 4.90 Å². The molecule has 0 bridgehead atoms. The van der Waals surface area contributed by atoms with Crippen molar-refractivity contribution in [1.29, 1.82) is 0 Å². The van der Waals surface area contributed by atoms with Crippen LogP contribution in [0.15, 0.2) is 42.5 Å². The lowest BCUT2D eigenvalue weighted by molar-refractivity contribution is -0.135. The van der Waals surface area contributed by atoms with E-state index in [4.69, 9.17) is 21.1 Å². The van der Waals surface area contributed by atoms with Crippen LogP contribution in [0, 0.1) is 0 Å². The van der Waals surface area contributed by atoms with Gasteiger partial charge in [0.2, 0.25) is 5.91 Å². The zero-order valence-electron chi connectivity index (χ0n) is 16.5. The first-order valence-electron chi connectivity index (χ1n) is 8.97. The number of likely N-dealkylation sites (N-methyl/N-ethyl adjacent to an activating group) is 1. The van der Waals surface area contributed by atoms with Crippen molar-refractivity contribution in [3.05, 3.63) is 53.1 Å². The molecular formula is C21H23ClN2O5. The first kappa shape index (κ1) is 22.2. The first-order chi connectivity index (χ1) is 13.8. The molecular weight excluding hydrogens is 396 g/mol. The second-order valence-electron chi connectivity index (χ2n) is 6.23. The summed E-state index contributed by atoms with van der Waals surface area (Å²) in [5.74, 6) is 0.197. The van der Waals surface area contributed by atoms with E-state index < -0.39 is 5.91 Å². The van der Waals surface area contributed by atoms with Crippen LogP contribution in [0.3, 0.4) is 0 Å². The van der Waals surface area contributed by atoms with E-state index in [2.05, 4.69) is 5.32 Å². The minimum absolute atomic E-state index is 0.0368. The Labute approximate surface area is 174 Å². The number of halogens is 1. The number of amides is 2. The predicted octanol–water partition coefficient (Wildman–Crippen LogP) is 3.42. The number of anilines is 1. The topological polar surface area (TPSA) is 84.9 Å². The van der Waals surface area contributed by atoms with Gasteiger partial charge in [-0.3, -0.25) is 14.4 Å². The summed E-state index contributed by atoms with van der Waals surface area (Å²) in [7, 11) is 2.99. The third-order valence-corrected chi connectivity index (χ3v) is 4.34. The quantitative estimate of drug-likeness (QED) is 0.631. The first-order valence-corrected chi connectivity index (χ1v) is 9.35. The zero-order valence-corrected chi connectivity index (χ0v) is 17.3. The number of benzene rings is 2. The number of nitrogens with zero attached hydrogens (tertiary/aromatic N) is 1. The third kappa shape index (κ3) is 6.50. The third-order valence-electron chi connectivity index (χ3n) is 4.10. The lowest BCUT2D eigenvalue weighted by Gasteiger charge is -2.18. The fourth-order valence-corrected chi connectivity index (χ4v) is 2.64. The Bertz CT molecular complexity index is 883. The molecule has 8 heteroatoms. The van der Waals surface area contributed by atoms with Gasteiger partial charge in [0, 0.05) is 24.1 Å². The molecule has 0 aliphatic rings. The van der Waals surface area contributed by atoms with Crippen molar-refractivity contribution in [2.24, 2.45) is 0 Å². The molecule has 0 heterocycles. The summed E-state index contributed by atoms with van der Waals surface area (Å²) in [6.07, 6.45) is 0.423. The van der Waals surface area contributed by atoms with Gasteiger partial charge in [-0.2, -0.15) is 0 Å². The van der Waals surface area contributed by atoms with Crippen molar-refractivity contribution in [2.75, 3.05) is 32.6 Å². The van der Waals surface area contributed by atoms with Gasteiger partial charge in [0.05, 0.1) is 19.3 Å². The number of Topliss-reactive ketones (excluding diaryl/α,β-unsaturated/α-hetero) is 1. The van der Waals surface area contributed by atoms with E-state index in [1.165, 1.54) is 19.1 Å². The molecule has 2 aromatic rings.